The molecule has 3 amide bonds. The molecule has 2 unspecified atom stereocenters. The summed E-state index contributed by atoms with van der Waals surface area (Å²) in [6, 6.07) is 4.38. The first-order chi connectivity index (χ1) is 15.5. The second kappa shape index (κ2) is 11.2. The standard InChI is InChI=1S/C25H35N3O5/c1-7-17-11-13-18(14-12-17)21(22(30)26-16(2)3)28(19-9-8-10-19)23(31)20(15-29)27-24(32)33-25(4,5)6/h1,11-14,16,19-21,29H,8-10,15H2,2-6H3,(H,26,30)(H,27,32). The smallest absolute Gasteiger partial charge is 0.408 e. The summed E-state index contributed by atoms with van der Waals surface area (Å²) in [5, 5.41) is 15.3. The van der Waals surface area contributed by atoms with Gasteiger partial charge in [0.15, 0.2) is 0 Å². The first-order valence-corrected chi connectivity index (χ1v) is 11.3. The van der Waals surface area contributed by atoms with Crippen molar-refractivity contribution in [1.82, 2.24) is 15.5 Å². The number of carbonyl (C=O) groups is 3. The van der Waals surface area contributed by atoms with E-state index >= 15 is 0 Å². The van der Waals surface area contributed by atoms with Crippen molar-refractivity contribution in [3.05, 3.63) is 35.4 Å². The number of aliphatic hydroxyl groups excluding tert-OH is 1. The summed E-state index contributed by atoms with van der Waals surface area (Å²) in [4.78, 5) is 40.7. The molecule has 0 bridgehead atoms. The minimum absolute atomic E-state index is 0.142. The van der Waals surface area contributed by atoms with E-state index in [1.807, 2.05) is 13.8 Å². The van der Waals surface area contributed by atoms with Gasteiger partial charge in [-0.2, -0.15) is 0 Å². The van der Waals surface area contributed by atoms with E-state index in [1.54, 1.807) is 45.0 Å². The number of alkyl carbamates (subject to hydrolysis) is 1. The molecule has 0 aliphatic heterocycles. The molecule has 1 aromatic rings. The fraction of sp³-hybridized carbons (Fsp3) is 0.560. The molecule has 1 aliphatic carbocycles. The molecule has 3 N–H and O–H groups in total. The van der Waals surface area contributed by atoms with E-state index in [9.17, 15) is 19.5 Å². The maximum absolute atomic E-state index is 13.6. The predicted molar refractivity (Wildman–Crippen MR) is 125 cm³/mol. The fourth-order valence-corrected chi connectivity index (χ4v) is 3.56. The molecule has 2 atom stereocenters. The highest BCUT2D eigenvalue weighted by Crippen LogP contribution is 2.34. The van der Waals surface area contributed by atoms with Gasteiger partial charge in [0.25, 0.3) is 0 Å². The zero-order valence-electron chi connectivity index (χ0n) is 20.1. The van der Waals surface area contributed by atoms with Crippen molar-refractivity contribution in [2.45, 2.75) is 83.6 Å². The van der Waals surface area contributed by atoms with Gasteiger partial charge in [0.2, 0.25) is 11.8 Å². The lowest BCUT2D eigenvalue weighted by Gasteiger charge is -2.43. The average Bonchev–Trinajstić information content (AvgIpc) is 2.68. The number of hydrogen-bond donors (Lipinski definition) is 3. The number of benzene rings is 1. The van der Waals surface area contributed by atoms with E-state index in [4.69, 9.17) is 11.2 Å². The number of terminal acetylenes is 1. The van der Waals surface area contributed by atoms with Gasteiger partial charge in [-0.25, -0.2) is 4.79 Å². The molecule has 0 radical (unpaired) electrons. The van der Waals surface area contributed by atoms with Crippen molar-refractivity contribution in [2.75, 3.05) is 6.61 Å². The van der Waals surface area contributed by atoms with Crippen molar-refractivity contribution in [2.24, 2.45) is 0 Å². The maximum Gasteiger partial charge on any atom is 0.408 e. The van der Waals surface area contributed by atoms with E-state index in [-0.39, 0.29) is 18.0 Å². The summed E-state index contributed by atoms with van der Waals surface area (Å²) >= 11 is 0. The van der Waals surface area contributed by atoms with Gasteiger partial charge in [-0.3, -0.25) is 9.59 Å². The third kappa shape index (κ3) is 7.22. The van der Waals surface area contributed by atoms with Crippen LogP contribution in [0.25, 0.3) is 0 Å². The van der Waals surface area contributed by atoms with Gasteiger partial charge in [0, 0.05) is 17.6 Å². The summed E-state index contributed by atoms with van der Waals surface area (Å²) < 4.78 is 5.24. The van der Waals surface area contributed by atoms with E-state index < -0.39 is 36.3 Å². The minimum atomic E-state index is -1.25. The Morgan fingerprint density at radius 2 is 1.79 bits per heavy atom. The summed E-state index contributed by atoms with van der Waals surface area (Å²) in [7, 11) is 0. The van der Waals surface area contributed by atoms with Crippen LogP contribution >= 0.6 is 0 Å². The quantitative estimate of drug-likeness (QED) is 0.520. The van der Waals surface area contributed by atoms with Gasteiger partial charge in [0.05, 0.1) is 6.61 Å². The summed E-state index contributed by atoms with van der Waals surface area (Å²) in [5.41, 5.74) is 0.490. The molecule has 1 saturated carbocycles. The maximum atomic E-state index is 13.6. The molecular formula is C25H35N3O5. The Balaban J connectivity index is 2.42. The molecule has 1 aromatic carbocycles. The molecule has 8 heteroatoms. The lowest BCUT2D eigenvalue weighted by Crippen LogP contribution is -2.58. The van der Waals surface area contributed by atoms with Gasteiger partial charge in [-0.05, 0) is 71.6 Å². The number of hydrogen-bond acceptors (Lipinski definition) is 5. The molecule has 0 spiro atoms. The SMILES string of the molecule is C#Cc1ccc(C(C(=O)NC(C)C)N(C(=O)C(CO)NC(=O)OC(C)(C)C)C2CCC2)cc1. The van der Waals surface area contributed by atoms with E-state index in [2.05, 4.69) is 16.6 Å². The number of nitrogens with zero attached hydrogens (tertiary/aromatic N) is 1. The monoisotopic (exact) mass is 457 g/mol. The fourth-order valence-electron chi connectivity index (χ4n) is 3.56. The molecule has 1 aliphatic rings. The van der Waals surface area contributed by atoms with Gasteiger partial charge in [-0.15, -0.1) is 6.42 Å². The third-order valence-electron chi connectivity index (χ3n) is 5.24. The molecular weight excluding hydrogens is 422 g/mol. The molecule has 33 heavy (non-hydrogen) atoms. The first-order valence-electron chi connectivity index (χ1n) is 11.3. The van der Waals surface area contributed by atoms with Crippen LogP contribution in [-0.4, -0.2) is 58.2 Å². The predicted octanol–water partition coefficient (Wildman–Crippen LogP) is 2.50. The minimum Gasteiger partial charge on any atom is -0.444 e. The van der Waals surface area contributed by atoms with Crippen LogP contribution in [0.2, 0.25) is 0 Å². The Morgan fingerprint density at radius 1 is 1.18 bits per heavy atom. The van der Waals surface area contributed by atoms with Crippen molar-refractivity contribution < 1.29 is 24.2 Å². The number of nitrogens with one attached hydrogen (secondary N) is 2. The largest absolute Gasteiger partial charge is 0.444 e. The summed E-state index contributed by atoms with van der Waals surface area (Å²) in [5.74, 6) is 1.66. The van der Waals surface area contributed by atoms with Crippen LogP contribution in [0.4, 0.5) is 4.79 Å². The average molecular weight is 458 g/mol. The Labute approximate surface area is 196 Å². The molecule has 2 rings (SSSR count). The highest BCUT2D eigenvalue weighted by molar-refractivity contribution is 5.92. The lowest BCUT2D eigenvalue weighted by atomic mass is 9.88. The highest BCUT2D eigenvalue weighted by atomic mass is 16.6. The highest BCUT2D eigenvalue weighted by Gasteiger charge is 2.42. The molecule has 0 heterocycles. The summed E-state index contributed by atoms with van der Waals surface area (Å²) in [6.45, 7) is 8.16. The molecule has 1 fully saturated rings. The van der Waals surface area contributed by atoms with Crippen molar-refractivity contribution in [3.63, 3.8) is 0 Å². The third-order valence-corrected chi connectivity index (χ3v) is 5.24. The Hall–Kier alpha value is -3.05. The number of aliphatic hydroxyl groups is 1. The molecule has 0 aromatic heterocycles. The van der Waals surface area contributed by atoms with Crippen LogP contribution in [0, 0.1) is 12.3 Å². The van der Waals surface area contributed by atoms with Gasteiger partial charge in [0.1, 0.15) is 17.7 Å². The van der Waals surface area contributed by atoms with Gasteiger partial charge in [-0.1, -0.05) is 18.1 Å². The topological polar surface area (TPSA) is 108 Å². The van der Waals surface area contributed by atoms with Gasteiger partial charge < -0.3 is 25.4 Å². The van der Waals surface area contributed by atoms with Crippen LogP contribution in [-0.2, 0) is 14.3 Å². The van der Waals surface area contributed by atoms with Crippen LogP contribution in [0.3, 0.4) is 0 Å². The normalized spacial score (nSPS) is 15.6. The van der Waals surface area contributed by atoms with Crippen molar-refractivity contribution in [1.29, 1.82) is 0 Å². The van der Waals surface area contributed by atoms with E-state index in [0.29, 0.717) is 11.1 Å². The van der Waals surface area contributed by atoms with Gasteiger partial charge >= 0.3 is 6.09 Å². The Bertz CT molecular complexity index is 879. The Kier molecular flexibility index (Phi) is 8.89. The van der Waals surface area contributed by atoms with E-state index in [1.165, 1.54) is 4.90 Å². The van der Waals surface area contributed by atoms with Crippen LogP contribution in [0.15, 0.2) is 24.3 Å². The van der Waals surface area contributed by atoms with Crippen LogP contribution < -0.4 is 10.6 Å². The summed E-state index contributed by atoms with van der Waals surface area (Å²) in [6.07, 6.45) is 7.02. The number of carbonyl (C=O) groups excluding carboxylic acids is 3. The zero-order chi connectivity index (χ0) is 24.8. The van der Waals surface area contributed by atoms with Crippen LogP contribution in [0.5, 0.6) is 0 Å². The first kappa shape index (κ1) is 26.2. The van der Waals surface area contributed by atoms with Crippen molar-refractivity contribution >= 4 is 17.9 Å². The molecule has 180 valence electrons. The number of ether oxygens (including phenoxy) is 1. The number of rotatable bonds is 8. The number of amides is 3. The second-order valence-corrected chi connectivity index (χ2v) is 9.54. The zero-order valence-corrected chi connectivity index (χ0v) is 20.1. The van der Waals surface area contributed by atoms with Crippen LogP contribution in [0.1, 0.15) is 71.0 Å². The second-order valence-electron chi connectivity index (χ2n) is 9.54. The van der Waals surface area contributed by atoms with E-state index in [0.717, 1.165) is 19.3 Å². The molecule has 8 nitrogen and oxygen atoms in total. The van der Waals surface area contributed by atoms with Crippen molar-refractivity contribution in [3.8, 4) is 12.3 Å². The molecule has 0 saturated heterocycles. The lowest BCUT2D eigenvalue weighted by molar-refractivity contribution is -0.148. The Morgan fingerprint density at radius 3 is 2.21 bits per heavy atom.